The van der Waals surface area contributed by atoms with Crippen LogP contribution in [0.25, 0.3) is 0 Å². The minimum Gasteiger partial charge on any atom is -0.493 e. The number of halogens is 1. The average Bonchev–Trinajstić information content (AvgIpc) is 3.16. The average molecular weight is 383 g/mol. The minimum absolute atomic E-state index is 0.0963. The van der Waals surface area contributed by atoms with Crippen LogP contribution in [0, 0.1) is 11.7 Å². The van der Waals surface area contributed by atoms with E-state index in [2.05, 4.69) is 4.90 Å². The summed E-state index contributed by atoms with van der Waals surface area (Å²) in [6.07, 6.45) is 3.57. The Hall–Kier alpha value is -2.40. The van der Waals surface area contributed by atoms with Gasteiger partial charge in [0, 0.05) is 30.6 Å². The van der Waals surface area contributed by atoms with Crippen LogP contribution in [0.2, 0.25) is 0 Å². The molecule has 0 spiro atoms. The maximum atomic E-state index is 13.0. The molecular weight excluding hydrogens is 357 g/mol. The Bertz CT molecular complexity index is 821. The molecule has 0 amide bonds. The number of carbonyl (C=O) groups is 1. The van der Waals surface area contributed by atoms with Crippen LogP contribution >= 0.6 is 0 Å². The third-order valence-electron chi connectivity index (χ3n) is 5.59. The maximum absolute atomic E-state index is 13.0. The molecule has 28 heavy (non-hydrogen) atoms. The number of benzene rings is 2. The molecule has 148 valence electrons. The van der Waals surface area contributed by atoms with E-state index in [0.29, 0.717) is 24.5 Å². The van der Waals surface area contributed by atoms with Gasteiger partial charge in [-0.15, -0.1) is 0 Å². The molecule has 5 heteroatoms. The lowest BCUT2D eigenvalue weighted by atomic mass is 9.98. The van der Waals surface area contributed by atoms with Crippen LogP contribution in [-0.4, -0.2) is 43.5 Å². The number of likely N-dealkylation sites (tertiary alicyclic amines) is 1. The molecule has 1 atom stereocenters. The molecule has 2 heterocycles. The summed E-state index contributed by atoms with van der Waals surface area (Å²) in [5.41, 5.74) is 1.78. The Kier molecular flexibility index (Phi) is 5.91. The van der Waals surface area contributed by atoms with Gasteiger partial charge in [0.1, 0.15) is 23.9 Å². The molecule has 0 radical (unpaired) electrons. The summed E-state index contributed by atoms with van der Waals surface area (Å²) in [5, 5.41) is 0. The summed E-state index contributed by atoms with van der Waals surface area (Å²) in [6, 6.07) is 11.8. The first-order chi connectivity index (χ1) is 13.7. The van der Waals surface area contributed by atoms with Gasteiger partial charge >= 0.3 is 0 Å². The number of hydrogen-bond donors (Lipinski definition) is 0. The third-order valence-corrected chi connectivity index (χ3v) is 5.59. The summed E-state index contributed by atoms with van der Waals surface area (Å²) in [6.45, 7) is 4.16. The molecule has 2 aromatic rings. The van der Waals surface area contributed by atoms with Gasteiger partial charge in [0.05, 0.1) is 6.61 Å². The summed E-state index contributed by atoms with van der Waals surface area (Å²) in [5.74, 6) is 2.02. The standard InChI is InChI=1S/C23H26FNO3/c24-19-8-6-18(7-9-19)21(26)15-17-10-11-25(16-17)12-14-28-23-5-1-4-22-20(23)3-2-13-27-22/h1,4-9,17H,2-3,10-16H2. The molecule has 0 N–H and O–H groups in total. The van der Waals surface area contributed by atoms with Gasteiger partial charge in [0.25, 0.3) is 0 Å². The van der Waals surface area contributed by atoms with Gasteiger partial charge in [-0.1, -0.05) is 6.07 Å². The number of rotatable bonds is 7. The Morgan fingerprint density at radius 1 is 1.21 bits per heavy atom. The van der Waals surface area contributed by atoms with Crippen molar-refractivity contribution in [2.75, 3.05) is 32.8 Å². The van der Waals surface area contributed by atoms with Crippen molar-refractivity contribution >= 4 is 5.78 Å². The first-order valence-electron chi connectivity index (χ1n) is 10.1. The number of hydrogen-bond acceptors (Lipinski definition) is 4. The van der Waals surface area contributed by atoms with Crippen molar-refractivity contribution in [3.63, 3.8) is 0 Å². The second-order valence-corrected chi connectivity index (χ2v) is 7.62. The topological polar surface area (TPSA) is 38.8 Å². The van der Waals surface area contributed by atoms with Crippen molar-refractivity contribution in [2.45, 2.75) is 25.7 Å². The summed E-state index contributed by atoms with van der Waals surface area (Å²) < 4.78 is 24.7. The van der Waals surface area contributed by atoms with Gasteiger partial charge in [-0.3, -0.25) is 9.69 Å². The van der Waals surface area contributed by atoms with E-state index in [1.165, 1.54) is 17.7 Å². The highest BCUT2D eigenvalue weighted by Gasteiger charge is 2.25. The Labute approximate surface area is 165 Å². The summed E-state index contributed by atoms with van der Waals surface area (Å²) >= 11 is 0. The van der Waals surface area contributed by atoms with Crippen molar-refractivity contribution in [2.24, 2.45) is 5.92 Å². The van der Waals surface area contributed by atoms with E-state index in [-0.39, 0.29) is 11.6 Å². The van der Waals surface area contributed by atoms with E-state index in [9.17, 15) is 9.18 Å². The molecule has 1 saturated heterocycles. The van der Waals surface area contributed by atoms with Crippen molar-refractivity contribution in [1.82, 2.24) is 4.90 Å². The van der Waals surface area contributed by atoms with Crippen LogP contribution in [0.3, 0.4) is 0 Å². The predicted octanol–water partition coefficient (Wildman–Crippen LogP) is 4.12. The maximum Gasteiger partial charge on any atom is 0.163 e. The molecule has 0 aliphatic carbocycles. The van der Waals surface area contributed by atoms with Crippen molar-refractivity contribution in [3.8, 4) is 11.5 Å². The summed E-state index contributed by atoms with van der Waals surface area (Å²) in [4.78, 5) is 14.7. The Morgan fingerprint density at radius 3 is 2.93 bits per heavy atom. The van der Waals surface area contributed by atoms with Crippen molar-refractivity contribution in [3.05, 3.63) is 59.4 Å². The van der Waals surface area contributed by atoms with Gasteiger partial charge in [0.15, 0.2) is 5.78 Å². The highest BCUT2D eigenvalue weighted by atomic mass is 19.1. The molecular formula is C23H26FNO3. The number of ether oxygens (including phenoxy) is 2. The molecule has 2 aliphatic heterocycles. The van der Waals surface area contributed by atoms with Crippen molar-refractivity contribution in [1.29, 1.82) is 0 Å². The zero-order valence-electron chi connectivity index (χ0n) is 16.0. The lowest BCUT2D eigenvalue weighted by Crippen LogP contribution is -2.27. The highest BCUT2D eigenvalue weighted by Crippen LogP contribution is 2.32. The van der Waals surface area contributed by atoms with Crippen molar-refractivity contribution < 1.29 is 18.7 Å². The smallest absolute Gasteiger partial charge is 0.163 e. The second-order valence-electron chi connectivity index (χ2n) is 7.62. The zero-order chi connectivity index (χ0) is 19.3. The lowest BCUT2D eigenvalue weighted by Gasteiger charge is -2.21. The van der Waals surface area contributed by atoms with Crippen LogP contribution in [-0.2, 0) is 6.42 Å². The Balaban J connectivity index is 1.23. The highest BCUT2D eigenvalue weighted by molar-refractivity contribution is 5.96. The summed E-state index contributed by atoms with van der Waals surface area (Å²) in [7, 11) is 0. The first kappa shape index (κ1) is 18.9. The molecule has 0 saturated carbocycles. The van der Waals surface area contributed by atoms with Gasteiger partial charge < -0.3 is 9.47 Å². The quantitative estimate of drug-likeness (QED) is 0.674. The number of fused-ring (bicyclic) bond motifs is 1. The molecule has 0 bridgehead atoms. The van der Waals surface area contributed by atoms with E-state index >= 15 is 0 Å². The largest absolute Gasteiger partial charge is 0.493 e. The SMILES string of the molecule is O=C(CC1CCN(CCOc2cccc3c2CCCO3)C1)c1ccc(F)cc1. The second kappa shape index (κ2) is 8.74. The lowest BCUT2D eigenvalue weighted by molar-refractivity contribution is 0.0961. The van der Waals surface area contributed by atoms with E-state index in [0.717, 1.165) is 57.0 Å². The van der Waals surface area contributed by atoms with E-state index in [1.54, 1.807) is 12.1 Å². The molecule has 1 unspecified atom stereocenters. The molecule has 4 nitrogen and oxygen atoms in total. The molecule has 0 aromatic heterocycles. The fourth-order valence-corrected chi connectivity index (χ4v) is 4.08. The number of Topliss-reactive ketones (excluding diaryl/α,β-unsaturated/α-hetero) is 1. The van der Waals surface area contributed by atoms with Gasteiger partial charge in [-0.05, 0) is 68.1 Å². The first-order valence-corrected chi connectivity index (χ1v) is 10.1. The third kappa shape index (κ3) is 4.53. The van der Waals surface area contributed by atoms with Crippen LogP contribution in [0.1, 0.15) is 35.2 Å². The minimum atomic E-state index is -0.310. The number of ketones is 1. The van der Waals surface area contributed by atoms with Crippen LogP contribution in [0.15, 0.2) is 42.5 Å². The zero-order valence-corrected chi connectivity index (χ0v) is 16.0. The fraction of sp³-hybridized carbons (Fsp3) is 0.435. The normalized spacial score (nSPS) is 19.1. The van der Waals surface area contributed by atoms with Crippen LogP contribution < -0.4 is 9.47 Å². The number of carbonyl (C=O) groups excluding carboxylic acids is 1. The Morgan fingerprint density at radius 2 is 2.07 bits per heavy atom. The molecule has 4 rings (SSSR count). The molecule has 2 aliphatic rings. The van der Waals surface area contributed by atoms with E-state index < -0.39 is 0 Å². The van der Waals surface area contributed by atoms with Gasteiger partial charge in [-0.2, -0.15) is 0 Å². The fourth-order valence-electron chi connectivity index (χ4n) is 4.08. The van der Waals surface area contributed by atoms with E-state index in [4.69, 9.17) is 9.47 Å². The molecule has 2 aromatic carbocycles. The van der Waals surface area contributed by atoms with E-state index in [1.807, 2.05) is 18.2 Å². The van der Waals surface area contributed by atoms with Crippen LogP contribution in [0.4, 0.5) is 4.39 Å². The monoisotopic (exact) mass is 383 g/mol. The van der Waals surface area contributed by atoms with Gasteiger partial charge in [-0.25, -0.2) is 4.39 Å². The number of nitrogens with zero attached hydrogens (tertiary/aromatic N) is 1. The van der Waals surface area contributed by atoms with Crippen LogP contribution in [0.5, 0.6) is 11.5 Å². The predicted molar refractivity (Wildman–Crippen MR) is 106 cm³/mol. The van der Waals surface area contributed by atoms with Gasteiger partial charge in [0.2, 0.25) is 0 Å². The molecule has 1 fully saturated rings.